The molecule has 2 aliphatic heterocycles. The number of carboxylic acid groups (broad SMARTS) is 1. The lowest BCUT2D eigenvalue weighted by atomic mass is 9.76. The van der Waals surface area contributed by atoms with Crippen molar-refractivity contribution in [3.8, 4) is 5.75 Å². The summed E-state index contributed by atoms with van der Waals surface area (Å²) in [6, 6.07) is 14.3. The van der Waals surface area contributed by atoms with Crippen LogP contribution >= 0.6 is 0 Å². The van der Waals surface area contributed by atoms with Crippen molar-refractivity contribution in [3.63, 3.8) is 0 Å². The van der Waals surface area contributed by atoms with E-state index in [4.69, 9.17) is 14.6 Å². The highest BCUT2D eigenvalue weighted by Gasteiger charge is 2.43. The Morgan fingerprint density at radius 2 is 1.82 bits per heavy atom. The molecule has 1 unspecified atom stereocenters. The van der Waals surface area contributed by atoms with Crippen molar-refractivity contribution in [2.45, 2.75) is 49.9 Å². The summed E-state index contributed by atoms with van der Waals surface area (Å²) in [6.07, 6.45) is 0.174. The van der Waals surface area contributed by atoms with E-state index in [0.29, 0.717) is 6.42 Å². The number of benzene rings is 1. The van der Waals surface area contributed by atoms with Crippen LogP contribution in [0.2, 0.25) is 0 Å². The zero-order valence-corrected chi connectivity index (χ0v) is 18.8. The maximum atomic E-state index is 12.0. The molecule has 1 aromatic heterocycles. The molecule has 1 aromatic carbocycles. The van der Waals surface area contributed by atoms with Crippen LogP contribution in [0.15, 0.2) is 48.7 Å². The Morgan fingerprint density at radius 1 is 1.18 bits per heavy atom. The summed E-state index contributed by atoms with van der Waals surface area (Å²) in [4.78, 5) is 27.8. The van der Waals surface area contributed by atoms with Crippen LogP contribution in [0.25, 0.3) is 0 Å². The molecule has 0 radical (unpaired) electrons. The van der Waals surface area contributed by atoms with E-state index >= 15 is 0 Å². The number of fused-ring (bicyclic) bond motifs is 1. The van der Waals surface area contributed by atoms with Crippen LogP contribution in [0.4, 0.5) is 13.2 Å². The number of likely N-dealkylation sites (tertiary alicyclic amines) is 1. The lowest BCUT2D eigenvalue weighted by molar-refractivity contribution is -0.192. The number of halogens is 3. The van der Waals surface area contributed by atoms with E-state index in [-0.39, 0.29) is 17.4 Å². The largest absolute Gasteiger partial charge is 0.490 e. The van der Waals surface area contributed by atoms with Gasteiger partial charge in [-0.2, -0.15) is 13.2 Å². The average Bonchev–Trinajstić information content (AvgIpc) is 2.81. The molecule has 1 spiro atoms. The minimum atomic E-state index is -5.08. The van der Waals surface area contributed by atoms with Gasteiger partial charge in [0.05, 0.1) is 5.69 Å². The summed E-state index contributed by atoms with van der Waals surface area (Å²) in [5.74, 6) is -1.49. The Morgan fingerprint density at radius 3 is 2.41 bits per heavy atom. The third-order valence-corrected chi connectivity index (χ3v) is 6.14. The fourth-order valence-corrected chi connectivity index (χ4v) is 4.40. The molecule has 1 atom stereocenters. The first-order valence-electron chi connectivity index (χ1n) is 11.0. The van der Waals surface area contributed by atoms with E-state index < -0.39 is 12.1 Å². The number of alkyl halides is 3. The van der Waals surface area contributed by atoms with E-state index in [9.17, 15) is 18.0 Å². The number of amides is 1. The predicted octanol–water partition coefficient (Wildman–Crippen LogP) is 3.75. The molecule has 184 valence electrons. The number of pyridine rings is 1. The molecule has 34 heavy (non-hydrogen) atoms. The highest BCUT2D eigenvalue weighted by molar-refractivity contribution is 5.76. The summed E-state index contributed by atoms with van der Waals surface area (Å²) in [7, 11) is 1.71. The average molecular weight is 479 g/mol. The zero-order valence-electron chi connectivity index (χ0n) is 18.8. The Balaban J connectivity index is 0.000000406. The van der Waals surface area contributed by atoms with E-state index in [1.807, 2.05) is 36.5 Å². The number of hydrogen-bond donors (Lipinski definition) is 2. The van der Waals surface area contributed by atoms with Gasteiger partial charge in [0.2, 0.25) is 5.91 Å². The second-order valence-electron chi connectivity index (χ2n) is 8.50. The lowest BCUT2D eigenvalue weighted by Gasteiger charge is -2.47. The van der Waals surface area contributed by atoms with Gasteiger partial charge >= 0.3 is 12.1 Å². The van der Waals surface area contributed by atoms with Gasteiger partial charge in [-0.05, 0) is 43.0 Å². The number of aromatic nitrogens is 1. The number of piperidine rings is 1. The summed E-state index contributed by atoms with van der Waals surface area (Å²) in [5.41, 5.74) is 2.12. The van der Waals surface area contributed by atoms with Crippen LogP contribution < -0.4 is 10.1 Å². The van der Waals surface area contributed by atoms with Crippen molar-refractivity contribution in [1.82, 2.24) is 15.2 Å². The van der Waals surface area contributed by atoms with Gasteiger partial charge in [0, 0.05) is 45.2 Å². The molecular weight excluding hydrogens is 451 g/mol. The van der Waals surface area contributed by atoms with Crippen LogP contribution in [0.5, 0.6) is 5.75 Å². The van der Waals surface area contributed by atoms with E-state index in [1.54, 1.807) is 7.05 Å². The molecule has 1 amide bonds. The molecule has 0 saturated carbocycles. The van der Waals surface area contributed by atoms with Crippen molar-refractivity contribution < 1.29 is 32.6 Å². The summed E-state index contributed by atoms with van der Waals surface area (Å²) >= 11 is 0. The lowest BCUT2D eigenvalue weighted by Crippen LogP contribution is -2.50. The molecule has 2 aliphatic rings. The van der Waals surface area contributed by atoms with Crippen LogP contribution in [0.1, 0.15) is 42.9 Å². The first-order chi connectivity index (χ1) is 16.1. The Labute approximate surface area is 195 Å². The van der Waals surface area contributed by atoms with Crippen LogP contribution in [-0.2, 0) is 16.1 Å². The Hall–Kier alpha value is -3.14. The summed E-state index contributed by atoms with van der Waals surface area (Å²) in [6.45, 7) is 2.87. The predicted molar refractivity (Wildman–Crippen MR) is 118 cm³/mol. The van der Waals surface area contributed by atoms with Gasteiger partial charge in [0.15, 0.2) is 0 Å². The highest BCUT2D eigenvalue weighted by Crippen LogP contribution is 2.46. The van der Waals surface area contributed by atoms with Gasteiger partial charge < -0.3 is 15.2 Å². The summed E-state index contributed by atoms with van der Waals surface area (Å²) in [5, 5.41) is 9.90. The van der Waals surface area contributed by atoms with Crippen molar-refractivity contribution >= 4 is 11.9 Å². The molecular formula is C24H28F3N3O4. The number of nitrogens with zero attached hydrogens (tertiary/aromatic N) is 2. The minimum Gasteiger partial charge on any atom is -0.487 e. The molecule has 1 saturated heterocycles. The van der Waals surface area contributed by atoms with Gasteiger partial charge in [0.1, 0.15) is 11.4 Å². The Bertz CT molecular complexity index is 977. The maximum absolute atomic E-state index is 12.0. The molecule has 10 heteroatoms. The molecule has 7 nitrogen and oxygen atoms in total. The minimum absolute atomic E-state index is 0.0967. The zero-order chi connectivity index (χ0) is 24.8. The van der Waals surface area contributed by atoms with Crippen LogP contribution in [-0.4, -0.2) is 58.8 Å². The van der Waals surface area contributed by atoms with Gasteiger partial charge in [0.25, 0.3) is 0 Å². The molecule has 0 bridgehead atoms. The van der Waals surface area contributed by atoms with Crippen molar-refractivity contribution in [3.05, 3.63) is 59.9 Å². The Kier molecular flexibility index (Phi) is 8.14. The fraction of sp³-hybridized carbons (Fsp3) is 0.458. The quantitative estimate of drug-likeness (QED) is 0.694. The molecule has 2 aromatic rings. The number of para-hydroxylation sites is 1. The molecule has 0 aliphatic carbocycles. The number of carbonyl (C=O) groups excluding carboxylic acids is 1. The number of nitrogens with one attached hydrogen (secondary N) is 1. The third-order valence-electron chi connectivity index (χ3n) is 6.14. The fourth-order valence-electron chi connectivity index (χ4n) is 4.40. The van der Waals surface area contributed by atoms with E-state index in [1.165, 1.54) is 5.56 Å². The normalized spacial score (nSPS) is 19.2. The molecule has 2 N–H and O–H groups in total. The molecule has 3 heterocycles. The molecule has 4 rings (SSSR count). The summed E-state index contributed by atoms with van der Waals surface area (Å²) < 4.78 is 38.3. The van der Waals surface area contributed by atoms with E-state index in [2.05, 4.69) is 27.3 Å². The van der Waals surface area contributed by atoms with Crippen molar-refractivity contribution in [2.75, 3.05) is 20.1 Å². The number of rotatable bonds is 4. The monoisotopic (exact) mass is 479 g/mol. The first kappa shape index (κ1) is 25.5. The van der Waals surface area contributed by atoms with Crippen LogP contribution in [0.3, 0.4) is 0 Å². The maximum Gasteiger partial charge on any atom is 0.490 e. The molecule has 1 fully saturated rings. The second kappa shape index (κ2) is 10.9. The number of hydrogen-bond acceptors (Lipinski definition) is 5. The van der Waals surface area contributed by atoms with Crippen LogP contribution in [0, 0.1) is 0 Å². The van der Waals surface area contributed by atoms with Gasteiger partial charge in [-0.15, -0.1) is 0 Å². The standard InChI is InChI=1S/C22H27N3O2.C2HF3O2/c1-23-21(26)14-17-15-22(27-20-8-3-2-7-19(17)20)9-12-25(13-10-22)16-18-6-4-5-11-24-18;3-2(4,5)1(6)7/h2-8,11,17H,9-10,12-16H2,1H3,(H,23,26);(H,6,7). The number of aliphatic carboxylic acids is 1. The topological polar surface area (TPSA) is 91.8 Å². The van der Waals surface area contributed by atoms with Crippen molar-refractivity contribution in [1.29, 1.82) is 0 Å². The van der Waals surface area contributed by atoms with Crippen molar-refractivity contribution in [2.24, 2.45) is 0 Å². The second-order valence-corrected chi connectivity index (χ2v) is 8.50. The highest BCUT2D eigenvalue weighted by atomic mass is 19.4. The third kappa shape index (κ3) is 6.69. The van der Waals surface area contributed by atoms with E-state index in [0.717, 1.165) is 50.3 Å². The SMILES string of the molecule is CNC(=O)CC1CC2(CCN(Cc3ccccn3)CC2)Oc2ccccc21.O=C(O)C(F)(F)F. The van der Waals surface area contributed by atoms with Gasteiger partial charge in [-0.1, -0.05) is 24.3 Å². The van der Waals surface area contributed by atoms with Gasteiger partial charge in [-0.3, -0.25) is 14.7 Å². The first-order valence-corrected chi connectivity index (χ1v) is 11.0. The number of ether oxygens (including phenoxy) is 1. The number of carbonyl (C=O) groups is 2. The van der Waals surface area contributed by atoms with Gasteiger partial charge in [-0.25, -0.2) is 4.79 Å². The smallest absolute Gasteiger partial charge is 0.487 e. The number of carboxylic acids is 1.